The first-order valence-corrected chi connectivity index (χ1v) is 8.96. The molecule has 5 heteroatoms. The van der Waals surface area contributed by atoms with E-state index in [1.807, 2.05) is 44.2 Å². The molecule has 0 fully saturated rings. The van der Waals surface area contributed by atoms with Crippen LogP contribution in [0, 0.1) is 11.3 Å². The Balaban J connectivity index is 1.98. The molecule has 1 aliphatic carbocycles. The van der Waals surface area contributed by atoms with E-state index in [-0.39, 0.29) is 11.9 Å². The average molecular weight is 339 g/mol. The van der Waals surface area contributed by atoms with Crippen LogP contribution in [0.15, 0.2) is 30.3 Å². The van der Waals surface area contributed by atoms with Gasteiger partial charge in [-0.25, -0.2) is 0 Å². The first-order valence-electron chi connectivity index (χ1n) is 8.14. The minimum Gasteiger partial charge on any atom is -0.390 e. The Morgan fingerprint density at radius 2 is 2.08 bits per heavy atom. The summed E-state index contributed by atoms with van der Waals surface area (Å²) in [5.41, 5.74) is 8.29. The highest BCUT2D eigenvalue weighted by molar-refractivity contribution is 7.16. The summed E-state index contributed by atoms with van der Waals surface area (Å²) >= 11 is 1.45. The second kappa shape index (κ2) is 6.29. The maximum Gasteiger partial charge on any atom is 0.254 e. The first-order chi connectivity index (χ1) is 11.5. The van der Waals surface area contributed by atoms with E-state index in [1.165, 1.54) is 11.3 Å². The Morgan fingerprint density at radius 3 is 2.71 bits per heavy atom. The van der Waals surface area contributed by atoms with Crippen LogP contribution in [-0.2, 0) is 18.3 Å². The minimum atomic E-state index is -0.530. The minimum absolute atomic E-state index is 0.0681. The molecule has 4 nitrogen and oxygen atoms in total. The van der Waals surface area contributed by atoms with Gasteiger partial charge in [0.25, 0.3) is 5.91 Å². The molecule has 1 unspecified atom stereocenters. The number of rotatable bonds is 3. The number of anilines is 1. The van der Waals surface area contributed by atoms with Gasteiger partial charge in [0.05, 0.1) is 22.0 Å². The zero-order valence-electron chi connectivity index (χ0n) is 13.9. The highest BCUT2D eigenvalue weighted by atomic mass is 32.1. The van der Waals surface area contributed by atoms with Gasteiger partial charge >= 0.3 is 0 Å². The zero-order valence-corrected chi connectivity index (χ0v) is 14.7. The van der Waals surface area contributed by atoms with Crippen molar-refractivity contribution in [2.75, 3.05) is 5.73 Å². The Labute approximate surface area is 146 Å². The van der Waals surface area contributed by atoms with Crippen LogP contribution in [0.3, 0.4) is 0 Å². The van der Waals surface area contributed by atoms with Crippen molar-refractivity contribution in [2.24, 2.45) is 0 Å². The molecule has 0 spiro atoms. The Bertz CT molecular complexity index is 804. The topological polar surface area (TPSA) is 78.9 Å². The highest BCUT2D eigenvalue weighted by Crippen LogP contribution is 2.44. The molecule has 0 saturated heterocycles. The first kappa shape index (κ1) is 16.5. The number of benzene rings is 1. The Hall–Kier alpha value is -2.32. The van der Waals surface area contributed by atoms with Crippen LogP contribution < -0.4 is 11.1 Å². The molecule has 1 amide bonds. The molecule has 1 aromatic carbocycles. The number of fused-ring (bicyclic) bond motifs is 1. The van der Waals surface area contributed by atoms with Crippen molar-refractivity contribution in [3.63, 3.8) is 0 Å². The molecule has 0 bridgehead atoms. The molecule has 0 aliphatic heterocycles. The number of amides is 1. The van der Waals surface area contributed by atoms with Crippen LogP contribution in [0.4, 0.5) is 5.00 Å². The molecule has 0 radical (unpaired) electrons. The lowest BCUT2D eigenvalue weighted by atomic mass is 9.70. The van der Waals surface area contributed by atoms with Crippen molar-refractivity contribution >= 4 is 22.2 Å². The van der Waals surface area contributed by atoms with E-state index in [4.69, 9.17) is 5.73 Å². The van der Waals surface area contributed by atoms with Gasteiger partial charge in [0.15, 0.2) is 0 Å². The number of thiophene rings is 1. The van der Waals surface area contributed by atoms with Gasteiger partial charge in [-0.1, -0.05) is 30.3 Å². The lowest BCUT2D eigenvalue weighted by Crippen LogP contribution is -2.34. The smallest absolute Gasteiger partial charge is 0.254 e. The van der Waals surface area contributed by atoms with Crippen molar-refractivity contribution < 1.29 is 4.79 Å². The summed E-state index contributed by atoms with van der Waals surface area (Å²) in [4.78, 5) is 13.5. The standard InChI is InChI=1S/C19H21N3OS/c1-12(2)22-18(23)16-14-8-9-19(11-20,10-15(14)24-17(16)21)13-6-4-3-5-7-13/h3-7,12H,8-10,21H2,1-2H3,(H,22,23). The third-order valence-electron chi connectivity index (χ3n) is 4.57. The second-order valence-corrected chi connectivity index (χ2v) is 7.74. The molecule has 24 heavy (non-hydrogen) atoms. The van der Waals surface area contributed by atoms with E-state index >= 15 is 0 Å². The summed E-state index contributed by atoms with van der Waals surface area (Å²) in [6.45, 7) is 3.87. The predicted octanol–water partition coefficient (Wildman–Crippen LogP) is 3.42. The van der Waals surface area contributed by atoms with E-state index in [2.05, 4.69) is 11.4 Å². The van der Waals surface area contributed by atoms with Crippen molar-refractivity contribution in [3.05, 3.63) is 51.9 Å². The molecule has 2 aromatic rings. The largest absolute Gasteiger partial charge is 0.390 e. The van der Waals surface area contributed by atoms with Gasteiger partial charge in [0.2, 0.25) is 0 Å². The fraction of sp³-hybridized carbons (Fsp3) is 0.368. The molecule has 3 N–H and O–H groups in total. The number of nitrogens with one attached hydrogen (secondary N) is 1. The molecule has 1 atom stereocenters. The predicted molar refractivity (Wildman–Crippen MR) is 97.1 cm³/mol. The fourth-order valence-corrected chi connectivity index (χ4v) is 4.62. The number of nitriles is 1. The molecular weight excluding hydrogens is 318 g/mol. The van der Waals surface area contributed by atoms with Crippen LogP contribution in [0.5, 0.6) is 0 Å². The van der Waals surface area contributed by atoms with Crippen LogP contribution in [0.2, 0.25) is 0 Å². The number of hydrogen-bond donors (Lipinski definition) is 2. The van der Waals surface area contributed by atoms with Gasteiger partial charge in [-0.2, -0.15) is 5.26 Å². The maximum atomic E-state index is 12.5. The quantitative estimate of drug-likeness (QED) is 0.899. The number of carbonyl (C=O) groups excluding carboxylic acids is 1. The normalized spacial score (nSPS) is 19.6. The third-order valence-corrected chi connectivity index (χ3v) is 5.63. The van der Waals surface area contributed by atoms with Crippen LogP contribution >= 0.6 is 11.3 Å². The van der Waals surface area contributed by atoms with E-state index in [1.54, 1.807) is 0 Å². The van der Waals surface area contributed by atoms with E-state index in [0.717, 1.165) is 16.0 Å². The number of nitrogens with zero attached hydrogens (tertiary/aromatic N) is 1. The summed E-state index contributed by atoms with van der Waals surface area (Å²) in [6, 6.07) is 12.5. The Morgan fingerprint density at radius 1 is 1.38 bits per heavy atom. The highest BCUT2D eigenvalue weighted by Gasteiger charge is 2.39. The summed E-state index contributed by atoms with van der Waals surface area (Å²) in [5, 5.41) is 13.3. The molecule has 1 aromatic heterocycles. The number of nitrogens with two attached hydrogens (primary N) is 1. The SMILES string of the molecule is CC(C)NC(=O)c1c(N)sc2c1CCC(C#N)(c1ccccc1)C2. The molecular formula is C19H21N3OS. The monoisotopic (exact) mass is 339 g/mol. The third kappa shape index (κ3) is 2.78. The summed E-state index contributed by atoms with van der Waals surface area (Å²) in [6.07, 6.45) is 2.03. The molecule has 0 saturated carbocycles. The zero-order chi connectivity index (χ0) is 17.3. The van der Waals surface area contributed by atoms with Crippen molar-refractivity contribution in [1.82, 2.24) is 5.32 Å². The van der Waals surface area contributed by atoms with Crippen molar-refractivity contribution in [1.29, 1.82) is 5.26 Å². The van der Waals surface area contributed by atoms with Gasteiger partial charge < -0.3 is 11.1 Å². The summed E-state index contributed by atoms with van der Waals surface area (Å²) in [5.74, 6) is -0.107. The van der Waals surface area contributed by atoms with Crippen LogP contribution in [-0.4, -0.2) is 11.9 Å². The maximum absolute atomic E-state index is 12.5. The number of nitrogen functional groups attached to an aromatic ring is 1. The van der Waals surface area contributed by atoms with Crippen molar-refractivity contribution in [2.45, 2.75) is 44.6 Å². The number of carbonyl (C=O) groups is 1. The summed E-state index contributed by atoms with van der Waals surface area (Å²) in [7, 11) is 0. The lowest BCUT2D eigenvalue weighted by Gasteiger charge is -2.31. The van der Waals surface area contributed by atoms with Crippen molar-refractivity contribution in [3.8, 4) is 6.07 Å². The van der Waals surface area contributed by atoms with E-state index < -0.39 is 5.41 Å². The summed E-state index contributed by atoms with van der Waals surface area (Å²) < 4.78 is 0. The van der Waals surface area contributed by atoms with E-state index in [0.29, 0.717) is 29.8 Å². The van der Waals surface area contributed by atoms with Crippen LogP contribution in [0.1, 0.15) is 46.6 Å². The Kier molecular flexibility index (Phi) is 4.33. The molecule has 1 aliphatic rings. The molecule has 124 valence electrons. The number of hydrogen-bond acceptors (Lipinski definition) is 4. The average Bonchev–Trinajstić information content (AvgIpc) is 2.89. The fourth-order valence-electron chi connectivity index (χ4n) is 3.39. The van der Waals surface area contributed by atoms with Gasteiger partial charge in [-0.15, -0.1) is 11.3 Å². The van der Waals surface area contributed by atoms with Gasteiger partial charge in [-0.3, -0.25) is 4.79 Å². The molecule has 3 rings (SSSR count). The van der Waals surface area contributed by atoms with Gasteiger partial charge in [-0.05, 0) is 37.8 Å². The second-order valence-electron chi connectivity index (χ2n) is 6.61. The van der Waals surface area contributed by atoms with Crippen LogP contribution in [0.25, 0.3) is 0 Å². The molecule has 1 heterocycles. The van der Waals surface area contributed by atoms with Gasteiger partial charge in [0.1, 0.15) is 0 Å². The van der Waals surface area contributed by atoms with Gasteiger partial charge in [0, 0.05) is 17.3 Å². The van der Waals surface area contributed by atoms with E-state index in [9.17, 15) is 10.1 Å². The lowest BCUT2D eigenvalue weighted by molar-refractivity contribution is 0.0943.